The highest BCUT2D eigenvalue weighted by molar-refractivity contribution is 5.84. The van der Waals surface area contributed by atoms with Gasteiger partial charge in [-0.15, -0.1) is 0 Å². The quantitative estimate of drug-likeness (QED) is 0.852. The van der Waals surface area contributed by atoms with Gasteiger partial charge < -0.3 is 9.64 Å². The summed E-state index contributed by atoms with van der Waals surface area (Å²) in [5, 5.41) is 0. The van der Waals surface area contributed by atoms with Crippen LogP contribution >= 0.6 is 0 Å². The van der Waals surface area contributed by atoms with Crippen LogP contribution in [0.25, 0.3) is 0 Å². The standard InChI is InChI=1S/C19H22N2O2/c1-3-17(15-9-5-4-6-10-15)19(22)21-12-16(13-21)23-18-11-7-8-14(2)20-18/h4-11,16-17H,3,12-13H2,1-2H3. The van der Waals surface area contributed by atoms with Crippen molar-refractivity contribution in [2.75, 3.05) is 13.1 Å². The number of hydrogen-bond donors (Lipinski definition) is 0. The summed E-state index contributed by atoms with van der Waals surface area (Å²) in [5.74, 6) is 0.766. The van der Waals surface area contributed by atoms with E-state index >= 15 is 0 Å². The van der Waals surface area contributed by atoms with Crippen LogP contribution in [0.5, 0.6) is 5.88 Å². The molecular weight excluding hydrogens is 288 g/mol. The van der Waals surface area contributed by atoms with Crippen LogP contribution in [0.1, 0.15) is 30.5 Å². The van der Waals surface area contributed by atoms with Crippen LogP contribution < -0.4 is 4.74 Å². The summed E-state index contributed by atoms with van der Waals surface area (Å²) in [6.45, 7) is 5.27. The minimum Gasteiger partial charge on any atom is -0.471 e. The number of hydrogen-bond acceptors (Lipinski definition) is 3. The number of aromatic nitrogens is 1. The Kier molecular flexibility index (Phi) is 4.60. The Morgan fingerprint density at radius 2 is 1.96 bits per heavy atom. The lowest BCUT2D eigenvalue weighted by atomic mass is 9.93. The number of pyridine rings is 1. The van der Waals surface area contributed by atoms with E-state index in [1.54, 1.807) is 0 Å². The van der Waals surface area contributed by atoms with Crippen molar-refractivity contribution in [2.24, 2.45) is 0 Å². The average Bonchev–Trinajstić information content (AvgIpc) is 2.52. The van der Waals surface area contributed by atoms with E-state index in [4.69, 9.17) is 4.74 Å². The normalized spacial score (nSPS) is 15.8. The molecule has 1 aliphatic heterocycles. The zero-order chi connectivity index (χ0) is 16.2. The van der Waals surface area contributed by atoms with Gasteiger partial charge >= 0.3 is 0 Å². The molecule has 1 aromatic carbocycles. The van der Waals surface area contributed by atoms with Gasteiger partial charge in [0, 0.05) is 11.8 Å². The van der Waals surface area contributed by atoms with Gasteiger partial charge in [-0.3, -0.25) is 4.79 Å². The molecule has 1 amide bonds. The van der Waals surface area contributed by atoms with Gasteiger partial charge in [0.25, 0.3) is 0 Å². The Morgan fingerprint density at radius 1 is 1.22 bits per heavy atom. The van der Waals surface area contributed by atoms with Gasteiger partial charge in [0.1, 0.15) is 6.10 Å². The van der Waals surface area contributed by atoms with Gasteiger partial charge in [-0.1, -0.05) is 43.3 Å². The Balaban J connectivity index is 1.57. The Bertz CT molecular complexity index is 666. The third-order valence-corrected chi connectivity index (χ3v) is 4.22. The highest BCUT2D eigenvalue weighted by Crippen LogP contribution is 2.25. The molecule has 120 valence electrons. The molecule has 1 unspecified atom stereocenters. The second-order valence-electron chi connectivity index (χ2n) is 5.97. The largest absolute Gasteiger partial charge is 0.471 e. The molecule has 1 aliphatic rings. The number of rotatable bonds is 5. The fraction of sp³-hybridized carbons (Fsp3) is 0.368. The van der Waals surface area contributed by atoms with Gasteiger partial charge in [-0.05, 0) is 25.0 Å². The maximum Gasteiger partial charge on any atom is 0.230 e. The van der Waals surface area contributed by atoms with E-state index in [2.05, 4.69) is 11.9 Å². The smallest absolute Gasteiger partial charge is 0.230 e. The zero-order valence-corrected chi connectivity index (χ0v) is 13.6. The molecular formula is C19H22N2O2. The van der Waals surface area contributed by atoms with Crippen molar-refractivity contribution in [3.63, 3.8) is 0 Å². The molecule has 1 fully saturated rings. The number of aryl methyl sites for hydroxylation is 1. The SMILES string of the molecule is CCC(C(=O)N1CC(Oc2cccc(C)n2)C1)c1ccccc1. The lowest BCUT2D eigenvalue weighted by molar-refractivity contribution is -0.141. The van der Waals surface area contributed by atoms with E-state index < -0.39 is 0 Å². The first-order valence-corrected chi connectivity index (χ1v) is 8.11. The maximum atomic E-state index is 12.7. The maximum absolute atomic E-state index is 12.7. The number of benzene rings is 1. The van der Waals surface area contributed by atoms with E-state index in [0.29, 0.717) is 19.0 Å². The monoisotopic (exact) mass is 310 g/mol. The lowest BCUT2D eigenvalue weighted by Crippen LogP contribution is -2.57. The van der Waals surface area contributed by atoms with Crippen LogP contribution in [0.3, 0.4) is 0 Å². The summed E-state index contributed by atoms with van der Waals surface area (Å²) < 4.78 is 5.83. The van der Waals surface area contributed by atoms with Crippen LogP contribution in [0.2, 0.25) is 0 Å². The van der Waals surface area contributed by atoms with Gasteiger partial charge in [0.2, 0.25) is 11.8 Å². The molecule has 2 heterocycles. The van der Waals surface area contributed by atoms with Crippen molar-refractivity contribution in [2.45, 2.75) is 32.3 Å². The molecule has 2 aromatic rings. The van der Waals surface area contributed by atoms with Gasteiger partial charge in [-0.2, -0.15) is 0 Å². The fourth-order valence-corrected chi connectivity index (χ4v) is 2.91. The van der Waals surface area contributed by atoms with Gasteiger partial charge in [0.05, 0.1) is 19.0 Å². The Labute approximate surface area is 137 Å². The minimum atomic E-state index is -0.0609. The molecule has 4 nitrogen and oxygen atoms in total. The molecule has 3 rings (SSSR count). The lowest BCUT2D eigenvalue weighted by Gasteiger charge is -2.40. The van der Waals surface area contributed by atoms with Crippen molar-refractivity contribution in [3.05, 3.63) is 59.8 Å². The molecule has 4 heteroatoms. The number of ether oxygens (including phenoxy) is 1. The predicted molar refractivity (Wildman–Crippen MR) is 89.4 cm³/mol. The highest BCUT2D eigenvalue weighted by Gasteiger charge is 2.35. The van der Waals surface area contributed by atoms with Crippen LogP contribution in [-0.4, -0.2) is 35.0 Å². The van der Waals surface area contributed by atoms with Crippen molar-refractivity contribution in [1.82, 2.24) is 9.88 Å². The Morgan fingerprint density at radius 3 is 2.61 bits per heavy atom. The molecule has 0 aliphatic carbocycles. The summed E-state index contributed by atoms with van der Waals surface area (Å²) in [6, 6.07) is 15.7. The summed E-state index contributed by atoms with van der Waals surface area (Å²) in [5.41, 5.74) is 2.02. The van der Waals surface area contributed by atoms with Crippen LogP contribution in [0.15, 0.2) is 48.5 Å². The summed E-state index contributed by atoms with van der Waals surface area (Å²) in [6.07, 6.45) is 0.853. The first-order valence-electron chi connectivity index (χ1n) is 8.11. The molecule has 1 atom stereocenters. The predicted octanol–water partition coefficient (Wildman–Crippen LogP) is 3.17. The van der Waals surface area contributed by atoms with Crippen molar-refractivity contribution in [3.8, 4) is 5.88 Å². The number of likely N-dealkylation sites (tertiary alicyclic amines) is 1. The van der Waals surface area contributed by atoms with E-state index in [0.717, 1.165) is 17.7 Å². The highest BCUT2D eigenvalue weighted by atomic mass is 16.5. The molecule has 0 bridgehead atoms. The molecule has 0 saturated carbocycles. The van der Waals surface area contributed by atoms with Crippen LogP contribution in [0, 0.1) is 6.92 Å². The van der Waals surface area contributed by atoms with Crippen LogP contribution in [-0.2, 0) is 4.79 Å². The summed E-state index contributed by atoms with van der Waals surface area (Å²) >= 11 is 0. The van der Waals surface area contributed by atoms with E-state index in [1.807, 2.05) is 60.4 Å². The Hall–Kier alpha value is -2.36. The van der Waals surface area contributed by atoms with Crippen molar-refractivity contribution in [1.29, 1.82) is 0 Å². The van der Waals surface area contributed by atoms with Crippen LogP contribution in [0.4, 0.5) is 0 Å². The van der Waals surface area contributed by atoms with Gasteiger partial charge in [-0.25, -0.2) is 4.98 Å². The second-order valence-corrected chi connectivity index (χ2v) is 5.97. The van der Waals surface area contributed by atoms with E-state index in [-0.39, 0.29) is 17.9 Å². The average molecular weight is 310 g/mol. The molecule has 0 spiro atoms. The number of carbonyl (C=O) groups excluding carboxylic acids is 1. The zero-order valence-electron chi connectivity index (χ0n) is 13.6. The minimum absolute atomic E-state index is 0.0431. The number of carbonyl (C=O) groups is 1. The topological polar surface area (TPSA) is 42.4 Å². The van der Waals surface area contributed by atoms with Crippen molar-refractivity contribution >= 4 is 5.91 Å². The van der Waals surface area contributed by atoms with E-state index in [9.17, 15) is 4.79 Å². The van der Waals surface area contributed by atoms with Crippen molar-refractivity contribution < 1.29 is 9.53 Å². The first-order chi connectivity index (χ1) is 11.2. The summed E-state index contributed by atoms with van der Waals surface area (Å²) in [4.78, 5) is 18.9. The second kappa shape index (κ2) is 6.82. The number of amides is 1. The summed E-state index contributed by atoms with van der Waals surface area (Å²) in [7, 11) is 0. The number of nitrogens with zero attached hydrogens (tertiary/aromatic N) is 2. The molecule has 1 saturated heterocycles. The molecule has 0 N–H and O–H groups in total. The fourth-order valence-electron chi connectivity index (χ4n) is 2.91. The molecule has 1 aromatic heterocycles. The molecule has 0 radical (unpaired) electrons. The van der Waals surface area contributed by atoms with E-state index in [1.165, 1.54) is 0 Å². The third kappa shape index (κ3) is 3.52. The third-order valence-electron chi connectivity index (χ3n) is 4.22. The molecule has 23 heavy (non-hydrogen) atoms. The first kappa shape index (κ1) is 15.5. The van der Waals surface area contributed by atoms with Gasteiger partial charge in [0.15, 0.2) is 0 Å².